The smallest absolute Gasteiger partial charge is 0.309 e. The van der Waals surface area contributed by atoms with Gasteiger partial charge in [-0.05, 0) is 38.5 Å². The van der Waals surface area contributed by atoms with Crippen molar-refractivity contribution in [3.63, 3.8) is 0 Å². The van der Waals surface area contributed by atoms with E-state index in [1.807, 2.05) is 0 Å². The molecular weight excluding hydrogens is 282 g/mol. The number of carbonyl (C=O) groups excluding carboxylic acids is 1. The Balaban J connectivity index is 2.79. The molecule has 0 heterocycles. The molecule has 1 rings (SSSR count). The van der Waals surface area contributed by atoms with Crippen LogP contribution in [0.5, 0.6) is 0 Å². The molecule has 0 aliphatic carbocycles. The first-order valence-corrected chi connectivity index (χ1v) is 7.48. The highest BCUT2D eigenvalue weighted by atomic mass is 32.2. The van der Waals surface area contributed by atoms with Crippen molar-refractivity contribution in [2.75, 3.05) is 7.11 Å². The molecule has 0 saturated heterocycles. The number of benzene rings is 1. The first-order valence-electron chi connectivity index (χ1n) is 5.99. The molecule has 0 aliphatic heterocycles. The minimum atomic E-state index is -3.73. The van der Waals surface area contributed by atoms with E-state index in [0.717, 1.165) is 0 Å². The predicted octanol–water partition coefficient (Wildman–Crippen LogP) is 1.41. The summed E-state index contributed by atoms with van der Waals surface area (Å²) >= 11 is 0. The van der Waals surface area contributed by atoms with Crippen LogP contribution in [0.3, 0.4) is 0 Å². The molecule has 1 aromatic carbocycles. The second-order valence-corrected chi connectivity index (χ2v) is 6.84. The summed E-state index contributed by atoms with van der Waals surface area (Å²) in [5.41, 5.74) is 0.0466. The zero-order valence-corrected chi connectivity index (χ0v) is 12.8. The quantitative estimate of drug-likeness (QED) is 0.657. The average molecular weight is 301 g/mol. The summed E-state index contributed by atoms with van der Waals surface area (Å²) in [5, 5.41) is 0. The molecule has 1 N–H and O–H groups in total. The standard InChI is InChI=1S/C13H19NO5S/c1-13(2,3)19-14-20(16,17)11-7-5-10(6-8-11)9-12(15)18-4/h5-8,14H,9H2,1-4H3. The van der Waals surface area contributed by atoms with Crippen molar-refractivity contribution in [2.24, 2.45) is 0 Å². The Labute approximate surface area is 119 Å². The van der Waals surface area contributed by atoms with Gasteiger partial charge in [-0.3, -0.25) is 9.63 Å². The maximum Gasteiger partial charge on any atom is 0.309 e. The lowest BCUT2D eigenvalue weighted by atomic mass is 10.2. The molecule has 0 fully saturated rings. The summed E-state index contributed by atoms with van der Waals surface area (Å²) < 4.78 is 28.4. The fourth-order valence-corrected chi connectivity index (χ4v) is 2.20. The van der Waals surface area contributed by atoms with Gasteiger partial charge >= 0.3 is 5.97 Å². The zero-order valence-electron chi connectivity index (χ0n) is 12.0. The summed E-state index contributed by atoms with van der Waals surface area (Å²) in [4.78, 5) is 18.3. The molecule has 1 aromatic rings. The van der Waals surface area contributed by atoms with Crippen molar-refractivity contribution < 1.29 is 22.8 Å². The SMILES string of the molecule is COC(=O)Cc1ccc(S(=O)(=O)NOC(C)(C)C)cc1. The van der Waals surface area contributed by atoms with Crippen molar-refractivity contribution in [1.29, 1.82) is 0 Å². The third-order valence-corrected chi connectivity index (χ3v) is 3.46. The van der Waals surface area contributed by atoms with E-state index in [2.05, 4.69) is 9.62 Å². The minimum absolute atomic E-state index is 0.0652. The van der Waals surface area contributed by atoms with E-state index in [0.29, 0.717) is 5.56 Å². The van der Waals surface area contributed by atoms with Crippen molar-refractivity contribution in [1.82, 2.24) is 4.89 Å². The Hall–Kier alpha value is -1.44. The van der Waals surface area contributed by atoms with Crippen LogP contribution in [0.1, 0.15) is 26.3 Å². The fraction of sp³-hybridized carbons (Fsp3) is 0.462. The van der Waals surface area contributed by atoms with Crippen LogP contribution in [0, 0.1) is 0 Å². The highest BCUT2D eigenvalue weighted by Gasteiger charge is 2.19. The van der Waals surface area contributed by atoms with Gasteiger partial charge in [0.2, 0.25) is 0 Å². The molecule has 20 heavy (non-hydrogen) atoms. The zero-order chi connectivity index (χ0) is 15.4. The lowest BCUT2D eigenvalue weighted by molar-refractivity contribution is -0.139. The Bertz CT molecular complexity index is 557. The maximum atomic E-state index is 11.9. The maximum absolute atomic E-state index is 11.9. The van der Waals surface area contributed by atoms with E-state index in [9.17, 15) is 13.2 Å². The van der Waals surface area contributed by atoms with Crippen LogP contribution in [0.2, 0.25) is 0 Å². The number of esters is 1. The number of hydrogen-bond acceptors (Lipinski definition) is 5. The molecule has 0 saturated carbocycles. The number of hydrogen-bond donors (Lipinski definition) is 1. The van der Waals surface area contributed by atoms with Gasteiger partial charge in [-0.25, -0.2) is 8.42 Å². The molecule has 0 spiro atoms. The van der Waals surface area contributed by atoms with Gasteiger partial charge in [-0.1, -0.05) is 17.0 Å². The second kappa shape index (κ2) is 6.34. The van der Waals surface area contributed by atoms with Gasteiger partial charge in [0.1, 0.15) is 0 Å². The molecule has 0 bridgehead atoms. The molecule has 0 aliphatic rings. The lowest BCUT2D eigenvalue weighted by Gasteiger charge is -2.19. The van der Waals surface area contributed by atoms with E-state index in [1.165, 1.54) is 19.2 Å². The second-order valence-electron chi connectivity index (χ2n) is 5.20. The number of nitrogens with one attached hydrogen (secondary N) is 1. The minimum Gasteiger partial charge on any atom is -0.469 e. The third-order valence-electron chi connectivity index (χ3n) is 2.27. The van der Waals surface area contributed by atoms with Gasteiger partial charge in [0, 0.05) is 0 Å². The first kappa shape index (κ1) is 16.6. The molecule has 0 unspecified atom stereocenters. The Morgan fingerprint density at radius 1 is 1.20 bits per heavy atom. The molecule has 0 atom stereocenters. The van der Waals surface area contributed by atoms with E-state index in [1.54, 1.807) is 32.9 Å². The molecule has 112 valence electrons. The van der Waals surface area contributed by atoms with Crippen LogP contribution in [-0.4, -0.2) is 27.1 Å². The van der Waals surface area contributed by atoms with E-state index >= 15 is 0 Å². The Morgan fingerprint density at radius 3 is 2.20 bits per heavy atom. The number of carbonyl (C=O) groups is 1. The van der Waals surface area contributed by atoms with Crippen LogP contribution >= 0.6 is 0 Å². The summed E-state index contributed by atoms with van der Waals surface area (Å²) in [7, 11) is -2.43. The number of sulfonamides is 1. The lowest BCUT2D eigenvalue weighted by Crippen LogP contribution is -2.33. The van der Waals surface area contributed by atoms with Crippen LogP contribution in [0.15, 0.2) is 29.2 Å². The number of ether oxygens (including phenoxy) is 1. The average Bonchev–Trinajstić information content (AvgIpc) is 2.36. The monoisotopic (exact) mass is 301 g/mol. The van der Waals surface area contributed by atoms with Gasteiger partial charge < -0.3 is 4.74 Å². The van der Waals surface area contributed by atoms with E-state index in [-0.39, 0.29) is 17.3 Å². The number of rotatable bonds is 5. The largest absolute Gasteiger partial charge is 0.469 e. The molecule has 0 radical (unpaired) electrons. The molecule has 0 aromatic heterocycles. The van der Waals surface area contributed by atoms with Crippen molar-refractivity contribution in [3.8, 4) is 0 Å². The summed E-state index contributed by atoms with van der Waals surface area (Å²) in [6.45, 7) is 5.19. The molecule has 7 heteroatoms. The van der Waals surface area contributed by atoms with Crippen LogP contribution < -0.4 is 4.89 Å². The Kier molecular flexibility index (Phi) is 5.27. The molecular formula is C13H19NO5S. The summed E-state index contributed by atoms with van der Waals surface area (Å²) in [5.74, 6) is -0.380. The van der Waals surface area contributed by atoms with Crippen LogP contribution in [-0.2, 0) is 30.8 Å². The highest BCUT2D eigenvalue weighted by Crippen LogP contribution is 2.13. The van der Waals surface area contributed by atoms with Gasteiger partial charge in [0.15, 0.2) is 0 Å². The normalized spacial score (nSPS) is 12.2. The topological polar surface area (TPSA) is 81.7 Å². The highest BCUT2D eigenvalue weighted by molar-refractivity contribution is 7.89. The van der Waals surface area contributed by atoms with Gasteiger partial charge in [0.25, 0.3) is 10.0 Å². The first-order chi connectivity index (χ1) is 9.14. The van der Waals surface area contributed by atoms with Gasteiger partial charge in [-0.15, -0.1) is 0 Å². The van der Waals surface area contributed by atoms with E-state index < -0.39 is 15.6 Å². The molecule has 0 amide bonds. The van der Waals surface area contributed by atoms with Gasteiger partial charge in [0.05, 0.1) is 24.0 Å². The number of methoxy groups -OCH3 is 1. The predicted molar refractivity (Wildman–Crippen MR) is 73.3 cm³/mol. The van der Waals surface area contributed by atoms with Gasteiger partial charge in [-0.2, -0.15) is 0 Å². The summed E-state index contributed by atoms with van der Waals surface area (Å²) in [6, 6.07) is 5.93. The van der Waals surface area contributed by atoms with Crippen molar-refractivity contribution in [3.05, 3.63) is 29.8 Å². The summed E-state index contributed by atoms with van der Waals surface area (Å²) in [6.07, 6.45) is 0.0999. The Morgan fingerprint density at radius 2 is 1.75 bits per heavy atom. The van der Waals surface area contributed by atoms with Crippen molar-refractivity contribution >= 4 is 16.0 Å². The fourth-order valence-electron chi connectivity index (χ4n) is 1.25. The van der Waals surface area contributed by atoms with Crippen molar-refractivity contribution in [2.45, 2.75) is 37.7 Å². The third kappa shape index (κ3) is 5.28. The molecule has 6 nitrogen and oxygen atoms in total. The van der Waals surface area contributed by atoms with Crippen LogP contribution in [0.25, 0.3) is 0 Å². The van der Waals surface area contributed by atoms with E-state index in [4.69, 9.17) is 4.84 Å². The van der Waals surface area contributed by atoms with Crippen LogP contribution in [0.4, 0.5) is 0 Å².